The fourth-order valence-electron chi connectivity index (χ4n) is 4.55. The lowest BCUT2D eigenvalue weighted by atomic mass is 10.1. The van der Waals surface area contributed by atoms with Crippen molar-refractivity contribution in [1.29, 1.82) is 0 Å². The third-order valence-electron chi connectivity index (χ3n) is 6.83. The van der Waals surface area contributed by atoms with Crippen LogP contribution in [0, 0.1) is 13.8 Å². The second-order valence-electron chi connectivity index (χ2n) is 9.93. The molecule has 0 bridgehead atoms. The normalized spacial score (nSPS) is 13.0. The van der Waals surface area contributed by atoms with Gasteiger partial charge in [0.05, 0.1) is 26.9 Å². The van der Waals surface area contributed by atoms with Gasteiger partial charge in [-0.3, -0.25) is 13.7 Å². The van der Waals surface area contributed by atoms with Crippen LogP contribution in [-0.4, -0.2) is 38.9 Å². The Bertz CT molecular complexity index is 2440. The average molecular weight is 670 g/mol. The van der Waals surface area contributed by atoms with Gasteiger partial charge in [-0.25, -0.2) is 0 Å². The minimum atomic E-state index is -5.00. The van der Waals surface area contributed by atoms with Crippen LogP contribution in [0.25, 0.3) is 21.5 Å². The quantitative estimate of drug-likeness (QED) is 0.0806. The molecule has 0 spiro atoms. The standard InChI is InChI=1S/C28H23N5O9S3/c1-15-12-27(16(2)11-23(15)29)33-31-25-10-9-24(20-7-6-19(14-22(20)25)44(37,38)39)30-32-26-8-4-17-3-5-18(43(34,35)36)13-21(17)28(26)45(40,41)42/h3-14H,29H2,1-2H3,(H,34,35,36)(H,37,38,39)(H,40,41,42). The van der Waals surface area contributed by atoms with Crippen molar-refractivity contribution >= 4 is 80.3 Å². The van der Waals surface area contributed by atoms with E-state index in [0.717, 1.165) is 35.4 Å². The van der Waals surface area contributed by atoms with Crippen molar-refractivity contribution in [2.24, 2.45) is 20.5 Å². The predicted molar refractivity (Wildman–Crippen MR) is 166 cm³/mol. The summed E-state index contributed by atoms with van der Waals surface area (Å²) in [6.07, 6.45) is 0. The van der Waals surface area contributed by atoms with Gasteiger partial charge < -0.3 is 5.73 Å². The molecule has 0 unspecified atom stereocenters. The molecule has 0 fully saturated rings. The van der Waals surface area contributed by atoms with Crippen molar-refractivity contribution < 1.29 is 38.9 Å². The first kappa shape index (κ1) is 31.8. The third-order valence-corrected chi connectivity index (χ3v) is 9.48. The Balaban J connectivity index is 1.68. The first-order chi connectivity index (χ1) is 20.9. The van der Waals surface area contributed by atoms with Crippen LogP contribution in [-0.2, 0) is 30.4 Å². The number of nitrogen functional groups attached to an aromatic ring is 1. The van der Waals surface area contributed by atoms with E-state index < -0.39 is 45.0 Å². The summed E-state index contributed by atoms with van der Waals surface area (Å²) in [5.74, 6) is 0. The molecule has 0 aliphatic heterocycles. The molecule has 0 amide bonds. The summed E-state index contributed by atoms with van der Waals surface area (Å²) in [7, 11) is -14.3. The summed E-state index contributed by atoms with van der Waals surface area (Å²) in [4.78, 5) is -1.80. The van der Waals surface area contributed by atoms with Crippen LogP contribution in [0.15, 0.2) is 108 Å². The zero-order valence-corrected chi connectivity index (χ0v) is 25.8. The van der Waals surface area contributed by atoms with Crippen LogP contribution in [0.5, 0.6) is 0 Å². The van der Waals surface area contributed by atoms with Crippen LogP contribution in [0.1, 0.15) is 11.1 Å². The van der Waals surface area contributed by atoms with E-state index in [-0.39, 0.29) is 38.6 Å². The number of anilines is 1. The minimum absolute atomic E-state index is 0.110. The van der Waals surface area contributed by atoms with Crippen molar-refractivity contribution in [1.82, 2.24) is 0 Å². The molecule has 0 saturated heterocycles. The molecule has 0 aliphatic rings. The molecule has 45 heavy (non-hydrogen) atoms. The molecule has 5 rings (SSSR count). The summed E-state index contributed by atoms with van der Waals surface area (Å²) < 4.78 is 101. The first-order valence-electron chi connectivity index (χ1n) is 12.7. The lowest BCUT2D eigenvalue weighted by Crippen LogP contribution is -2.02. The summed E-state index contributed by atoms with van der Waals surface area (Å²) in [5, 5.41) is 17.2. The Labute approximate surface area is 257 Å². The number of rotatable bonds is 7. The molecule has 14 nitrogen and oxygen atoms in total. The number of benzene rings is 5. The summed E-state index contributed by atoms with van der Waals surface area (Å²) in [5.41, 5.74) is 8.49. The van der Waals surface area contributed by atoms with Gasteiger partial charge >= 0.3 is 0 Å². The molecule has 0 aromatic heterocycles. The van der Waals surface area contributed by atoms with Gasteiger partial charge in [-0.1, -0.05) is 18.2 Å². The van der Waals surface area contributed by atoms with Gasteiger partial charge in [0.2, 0.25) is 0 Å². The zero-order valence-electron chi connectivity index (χ0n) is 23.3. The summed E-state index contributed by atoms with van der Waals surface area (Å²) in [6, 6.07) is 15.8. The van der Waals surface area contributed by atoms with E-state index in [4.69, 9.17) is 5.73 Å². The zero-order chi connectivity index (χ0) is 32.9. The Morgan fingerprint density at radius 1 is 0.511 bits per heavy atom. The minimum Gasteiger partial charge on any atom is -0.399 e. The van der Waals surface area contributed by atoms with Crippen molar-refractivity contribution in [2.45, 2.75) is 28.5 Å². The molecular formula is C28H23N5O9S3. The molecule has 0 heterocycles. The van der Waals surface area contributed by atoms with E-state index in [2.05, 4.69) is 20.5 Å². The maximum atomic E-state index is 12.4. The van der Waals surface area contributed by atoms with Crippen molar-refractivity contribution in [3.8, 4) is 0 Å². The number of fused-ring (bicyclic) bond motifs is 2. The maximum absolute atomic E-state index is 12.4. The van der Waals surface area contributed by atoms with Crippen LogP contribution in [0.4, 0.5) is 28.4 Å². The van der Waals surface area contributed by atoms with E-state index in [0.29, 0.717) is 11.4 Å². The van der Waals surface area contributed by atoms with Gasteiger partial charge in [0.25, 0.3) is 30.4 Å². The maximum Gasteiger partial charge on any atom is 0.297 e. The second kappa shape index (κ2) is 11.4. The number of nitrogens with zero attached hydrogens (tertiary/aromatic N) is 4. The van der Waals surface area contributed by atoms with Gasteiger partial charge in [-0.15, -0.1) is 15.3 Å². The lowest BCUT2D eigenvalue weighted by Gasteiger charge is -2.09. The number of nitrogens with two attached hydrogens (primary N) is 1. The smallest absolute Gasteiger partial charge is 0.297 e. The van der Waals surface area contributed by atoms with E-state index >= 15 is 0 Å². The van der Waals surface area contributed by atoms with Gasteiger partial charge in [0.15, 0.2) is 0 Å². The fourth-order valence-corrected chi connectivity index (χ4v) is 6.39. The monoisotopic (exact) mass is 669 g/mol. The molecule has 0 aliphatic carbocycles. The average Bonchev–Trinajstić information content (AvgIpc) is 2.95. The molecule has 0 radical (unpaired) electrons. The van der Waals surface area contributed by atoms with Gasteiger partial charge in [-0.05, 0) is 85.0 Å². The Morgan fingerprint density at radius 2 is 1.00 bits per heavy atom. The molecule has 0 saturated carbocycles. The molecule has 5 aromatic rings. The van der Waals surface area contributed by atoms with E-state index in [1.54, 1.807) is 26.0 Å². The van der Waals surface area contributed by atoms with Crippen LogP contribution < -0.4 is 5.73 Å². The Morgan fingerprint density at radius 3 is 1.60 bits per heavy atom. The second-order valence-corrected chi connectivity index (χ2v) is 14.1. The summed E-state index contributed by atoms with van der Waals surface area (Å²) >= 11 is 0. The first-order valence-corrected chi connectivity index (χ1v) is 17.0. The molecule has 232 valence electrons. The SMILES string of the molecule is Cc1cc(N=Nc2ccc(N=Nc3ccc4ccc(S(=O)(=O)O)cc4c3S(=O)(=O)O)c3ccc(S(=O)(=O)O)cc23)c(C)cc1N. The van der Waals surface area contributed by atoms with E-state index in [9.17, 15) is 38.9 Å². The highest BCUT2D eigenvalue weighted by Crippen LogP contribution is 2.39. The fraction of sp³-hybridized carbons (Fsp3) is 0.0714. The van der Waals surface area contributed by atoms with Crippen molar-refractivity contribution in [2.75, 3.05) is 5.73 Å². The van der Waals surface area contributed by atoms with Crippen molar-refractivity contribution in [3.63, 3.8) is 0 Å². The molecule has 17 heteroatoms. The van der Waals surface area contributed by atoms with E-state index in [1.807, 2.05) is 0 Å². The number of azo groups is 2. The molecule has 5 N–H and O–H groups in total. The van der Waals surface area contributed by atoms with E-state index in [1.165, 1.54) is 36.4 Å². The van der Waals surface area contributed by atoms with Crippen LogP contribution >= 0.6 is 0 Å². The van der Waals surface area contributed by atoms with Crippen molar-refractivity contribution in [3.05, 3.63) is 83.9 Å². The predicted octanol–water partition coefficient (Wildman–Crippen LogP) is 6.76. The Kier molecular flexibility index (Phi) is 8.02. The number of hydrogen-bond acceptors (Lipinski definition) is 11. The molecule has 0 atom stereocenters. The number of aryl methyl sites for hydroxylation is 2. The van der Waals surface area contributed by atoms with Gasteiger partial charge in [0, 0.05) is 21.8 Å². The lowest BCUT2D eigenvalue weighted by molar-refractivity contribution is 0.480. The largest absolute Gasteiger partial charge is 0.399 e. The van der Waals surface area contributed by atoms with Gasteiger partial charge in [0.1, 0.15) is 10.6 Å². The van der Waals surface area contributed by atoms with Gasteiger partial charge in [-0.2, -0.15) is 30.4 Å². The van der Waals surface area contributed by atoms with Crippen LogP contribution in [0.2, 0.25) is 0 Å². The summed E-state index contributed by atoms with van der Waals surface area (Å²) in [6.45, 7) is 3.59. The number of hydrogen-bond donors (Lipinski definition) is 4. The molecule has 5 aromatic carbocycles. The molecular weight excluding hydrogens is 647 g/mol. The highest BCUT2D eigenvalue weighted by Gasteiger charge is 2.22. The highest BCUT2D eigenvalue weighted by atomic mass is 32.2. The topological polar surface area (TPSA) is 239 Å². The highest BCUT2D eigenvalue weighted by molar-refractivity contribution is 7.86. The van der Waals surface area contributed by atoms with Crippen LogP contribution in [0.3, 0.4) is 0 Å². The Hall–Kier alpha value is -4.65. The third kappa shape index (κ3) is 6.58.